The Morgan fingerprint density at radius 1 is 1.00 bits per heavy atom. The van der Waals surface area contributed by atoms with Crippen LogP contribution in [0.4, 0.5) is 0 Å². The number of hydrogen-bond acceptors (Lipinski definition) is 3. The van der Waals surface area contributed by atoms with Gasteiger partial charge in [0.05, 0.1) is 14.2 Å². The maximum atomic E-state index is 5.42. The Balaban J connectivity index is 1.57. The molecule has 4 nitrogen and oxygen atoms in total. The van der Waals surface area contributed by atoms with Gasteiger partial charge in [-0.2, -0.15) is 0 Å². The number of aromatic amines is 1. The molecule has 0 atom stereocenters. The summed E-state index contributed by atoms with van der Waals surface area (Å²) in [5.74, 6) is 1.66. The number of H-pyrrole nitrogens is 1. The van der Waals surface area contributed by atoms with Crippen LogP contribution in [0.5, 0.6) is 11.5 Å². The van der Waals surface area contributed by atoms with E-state index in [2.05, 4.69) is 40.8 Å². The summed E-state index contributed by atoms with van der Waals surface area (Å²) in [6.07, 6.45) is 3.09. The molecule has 0 saturated carbocycles. The molecular formula is C19H22N2O2. The molecule has 0 fully saturated rings. The van der Waals surface area contributed by atoms with E-state index in [1.165, 1.54) is 16.5 Å². The van der Waals surface area contributed by atoms with Gasteiger partial charge in [0.1, 0.15) is 11.5 Å². The van der Waals surface area contributed by atoms with E-state index in [0.29, 0.717) is 0 Å². The third-order valence-corrected chi connectivity index (χ3v) is 4.06. The van der Waals surface area contributed by atoms with Crippen LogP contribution in [0.15, 0.2) is 48.7 Å². The van der Waals surface area contributed by atoms with Crippen molar-refractivity contribution in [3.63, 3.8) is 0 Å². The first-order valence-corrected chi connectivity index (χ1v) is 7.78. The first kappa shape index (κ1) is 15.4. The normalized spacial score (nSPS) is 10.9. The first-order valence-electron chi connectivity index (χ1n) is 7.78. The molecule has 0 bridgehead atoms. The maximum absolute atomic E-state index is 5.42. The van der Waals surface area contributed by atoms with E-state index < -0.39 is 0 Å². The van der Waals surface area contributed by atoms with Crippen LogP contribution >= 0.6 is 0 Å². The van der Waals surface area contributed by atoms with Crippen molar-refractivity contribution in [1.29, 1.82) is 0 Å². The number of para-hydroxylation sites is 1. The Kier molecular flexibility index (Phi) is 4.83. The zero-order valence-electron chi connectivity index (χ0n) is 13.6. The van der Waals surface area contributed by atoms with Crippen molar-refractivity contribution in [3.05, 3.63) is 59.8 Å². The molecule has 23 heavy (non-hydrogen) atoms. The number of ether oxygens (including phenoxy) is 2. The van der Waals surface area contributed by atoms with E-state index in [0.717, 1.165) is 36.6 Å². The van der Waals surface area contributed by atoms with Crippen LogP contribution in [0.25, 0.3) is 10.9 Å². The fourth-order valence-electron chi connectivity index (χ4n) is 2.78. The summed E-state index contributed by atoms with van der Waals surface area (Å²) < 4.78 is 10.6. The average molecular weight is 310 g/mol. The van der Waals surface area contributed by atoms with E-state index in [-0.39, 0.29) is 0 Å². The van der Waals surface area contributed by atoms with Gasteiger partial charge in [0.2, 0.25) is 0 Å². The minimum atomic E-state index is 0.773. The van der Waals surface area contributed by atoms with E-state index in [9.17, 15) is 0 Å². The topological polar surface area (TPSA) is 46.3 Å². The second-order valence-corrected chi connectivity index (χ2v) is 5.46. The monoisotopic (exact) mass is 310 g/mol. The molecule has 0 aliphatic heterocycles. The number of rotatable bonds is 7. The highest BCUT2D eigenvalue weighted by Crippen LogP contribution is 2.24. The molecule has 3 rings (SSSR count). The molecule has 0 amide bonds. The molecule has 0 aliphatic rings. The number of aromatic nitrogens is 1. The number of fused-ring (bicyclic) bond motifs is 1. The molecule has 4 heteroatoms. The van der Waals surface area contributed by atoms with Crippen LogP contribution in [-0.2, 0) is 13.0 Å². The summed E-state index contributed by atoms with van der Waals surface area (Å²) in [4.78, 5) is 3.32. The van der Waals surface area contributed by atoms with Crippen LogP contribution in [-0.4, -0.2) is 25.7 Å². The second-order valence-electron chi connectivity index (χ2n) is 5.46. The quantitative estimate of drug-likeness (QED) is 0.656. The molecule has 1 heterocycles. The summed E-state index contributed by atoms with van der Waals surface area (Å²) in [5.41, 5.74) is 3.67. The van der Waals surface area contributed by atoms with Gasteiger partial charge in [-0.25, -0.2) is 0 Å². The van der Waals surface area contributed by atoms with E-state index in [4.69, 9.17) is 9.47 Å². The Bertz CT molecular complexity index is 780. The highest BCUT2D eigenvalue weighted by molar-refractivity contribution is 5.83. The molecule has 3 aromatic rings. The van der Waals surface area contributed by atoms with Gasteiger partial charge in [-0.05, 0) is 30.7 Å². The zero-order chi connectivity index (χ0) is 16.1. The van der Waals surface area contributed by atoms with Crippen molar-refractivity contribution in [1.82, 2.24) is 10.3 Å². The van der Waals surface area contributed by atoms with Gasteiger partial charge in [0, 0.05) is 35.3 Å². The molecule has 2 N–H and O–H groups in total. The Morgan fingerprint density at radius 3 is 2.70 bits per heavy atom. The average Bonchev–Trinajstić information content (AvgIpc) is 3.02. The van der Waals surface area contributed by atoms with Gasteiger partial charge in [-0.3, -0.25) is 0 Å². The first-order chi connectivity index (χ1) is 11.3. The Labute approximate surface area is 136 Å². The van der Waals surface area contributed by atoms with E-state index >= 15 is 0 Å². The van der Waals surface area contributed by atoms with Crippen LogP contribution in [0.2, 0.25) is 0 Å². The number of nitrogens with one attached hydrogen (secondary N) is 2. The van der Waals surface area contributed by atoms with Crippen molar-refractivity contribution in [2.45, 2.75) is 13.0 Å². The van der Waals surface area contributed by atoms with Gasteiger partial charge in [0.25, 0.3) is 0 Å². The minimum Gasteiger partial charge on any atom is -0.497 e. The van der Waals surface area contributed by atoms with Crippen molar-refractivity contribution in [2.75, 3.05) is 20.8 Å². The summed E-state index contributed by atoms with van der Waals surface area (Å²) in [6.45, 7) is 1.69. The third-order valence-electron chi connectivity index (χ3n) is 4.06. The highest BCUT2D eigenvalue weighted by atomic mass is 16.5. The van der Waals surface area contributed by atoms with Gasteiger partial charge >= 0.3 is 0 Å². The molecule has 0 saturated heterocycles. The lowest BCUT2D eigenvalue weighted by Crippen LogP contribution is -2.17. The largest absolute Gasteiger partial charge is 0.497 e. The van der Waals surface area contributed by atoms with Crippen LogP contribution < -0.4 is 14.8 Å². The second kappa shape index (κ2) is 7.20. The molecule has 120 valence electrons. The fourth-order valence-corrected chi connectivity index (χ4v) is 2.78. The lowest BCUT2D eigenvalue weighted by Gasteiger charge is -2.11. The van der Waals surface area contributed by atoms with Gasteiger partial charge < -0.3 is 19.8 Å². The van der Waals surface area contributed by atoms with E-state index in [1.807, 2.05) is 18.2 Å². The fraction of sp³-hybridized carbons (Fsp3) is 0.263. The molecular weight excluding hydrogens is 288 g/mol. The summed E-state index contributed by atoms with van der Waals surface area (Å²) in [6, 6.07) is 14.3. The van der Waals surface area contributed by atoms with Crippen LogP contribution in [0.3, 0.4) is 0 Å². The molecule has 2 aromatic carbocycles. The van der Waals surface area contributed by atoms with Crippen LogP contribution in [0.1, 0.15) is 11.1 Å². The third kappa shape index (κ3) is 3.48. The van der Waals surface area contributed by atoms with Crippen molar-refractivity contribution >= 4 is 10.9 Å². The maximum Gasteiger partial charge on any atom is 0.127 e. The van der Waals surface area contributed by atoms with Gasteiger partial charge in [-0.15, -0.1) is 0 Å². The standard InChI is InChI=1S/C19H22N2O2/c1-22-16-8-7-15(19(11-16)23-2)12-20-10-9-14-13-21-18-6-4-3-5-17(14)18/h3-8,11,13,20-21H,9-10,12H2,1-2H3. The van der Waals surface area contributed by atoms with Crippen molar-refractivity contribution in [2.24, 2.45) is 0 Å². The molecule has 0 spiro atoms. The molecule has 0 unspecified atom stereocenters. The number of methoxy groups -OCH3 is 2. The smallest absolute Gasteiger partial charge is 0.127 e. The lowest BCUT2D eigenvalue weighted by atomic mass is 10.1. The summed E-state index contributed by atoms with van der Waals surface area (Å²) >= 11 is 0. The van der Waals surface area contributed by atoms with E-state index in [1.54, 1.807) is 14.2 Å². The minimum absolute atomic E-state index is 0.773. The van der Waals surface area contributed by atoms with Crippen LogP contribution in [0, 0.1) is 0 Å². The predicted octanol–water partition coefficient (Wildman–Crippen LogP) is 3.52. The van der Waals surface area contributed by atoms with Gasteiger partial charge in [-0.1, -0.05) is 24.3 Å². The Hall–Kier alpha value is -2.46. The van der Waals surface area contributed by atoms with Crippen molar-refractivity contribution < 1.29 is 9.47 Å². The predicted molar refractivity (Wildman–Crippen MR) is 93.3 cm³/mol. The van der Waals surface area contributed by atoms with Gasteiger partial charge in [0.15, 0.2) is 0 Å². The molecule has 0 radical (unpaired) electrons. The summed E-state index contributed by atoms with van der Waals surface area (Å²) in [5, 5.41) is 4.78. The Morgan fingerprint density at radius 2 is 1.87 bits per heavy atom. The van der Waals surface area contributed by atoms with Crippen molar-refractivity contribution in [3.8, 4) is 11.5 Å². The SMILES string of the molecule is COc1ccc(CNCCc2c[nH]c3ccccc23)c(OC)c1. The highest BCUT2D eigenvalue weighted by Gasteiger charge is 2.06. The molecule has 1 aromatic heterocycles. The summed E-state index contributed by atoms with van der Waals surface area (Å²) in [7, 11) is 3.35. The number of hydrogen-bond donors (Lipinski definition) is 2. The zero-order valence-corrected chi connectivity index (χ0v) is 13.6. The molecule has 0 aliphatic carbocycles. The number of benzene rings is 2. The lowest BCUT2D eigenvalue weighted by molar-refractivity contribution is 0.390.